The van der Waals surface area contributed by atoms with E-state index >= 15 is 0 Å². The van der Waals surface area contributed by atoms with E-state index in [0.29, 0.717) is 24.5 Å². The lowest BCUT2D eigenvalue weighted by Gasteiger charge is -2.17. The van der Waals surface area contributed by atoms with Crippen molar-refractivity contribution in [2.75, 3.05) is 25.2 Å². The van der Waals surface area contributed by atoms with E-state index in [1.807, 2.05) is 30.3 Å². The first-order valence-electron chi connectivity index (χ1n) is 6.60. The Morgan fingerprint density at radius 3 is 2.33 bits per heavy atom. The van der Waals surface area contributed by atoms with Crippen molar-refractivity contribution in [1.82, 2.24) is 0 Å². The van der Waals surface area contributed by atoms with Crippen LogP contribution in [0.5, 0.6) is 5.75 Å². The van der Waals surface area contributed by atoms with Gasteiger partial charge in [0.25, 0.3) is 5.91 Å². The predicted molar refractivity (Wildman–Crippen MR) is 81.3 cm³/mol. The zero-order valence-electron chi connectivity index (χ0n) is 11.9. The number of benzene rings is 2. The second-order valence-corrected chi connectivity index (χ2v) is 4.44. The molecule has 0 radical (unpaired) electrons. The number of para-hydroxylation sites is 1. The van der Waals surface area contributed by atoms with E-state index in [9.17, 15) is 4.79 Å². The number of hydrogen-bond donors (Lipinski definition) is 1. The Hall–Kier alpha value is -2.37. The Bertz CT molecular complexity index is 570. The number of nitrogens with zero attached hydrogens (tertiary/aromatic N) is 1. The number of nitrogens with two attached hydrogens (primary N) is 1. The first-order valence-corrected chi connectivity index (χ1v) is 6.60. The number of amides is 1. The molecular weight excluding hydrogens is 268 g/mol. The molecule has 0 saturated carbocycles. The van der Waals surface area contributed by atoms with Crippen LogP contribution in [0.1, 0.15) is 10.4 Å². The molecule has 1 amide bonds. The van der Waals surface area contributed by atoms with Crippen molar-refractivity contribution < 1.29 is 14.4 Å². The molecule has 0 bridgehead atoms. The molecule has 2 aromatic carbocycles. The Morgan fingerprint density at radius 1 is 1.05 bits per heavy atom. The van der Waals surface area contributed by atoms with Crippen molar-refractivity contribution in [2.24, 2.45) is 5.90 Å². The summed E-state index contributed by atoms with van der Waals surface area (Å²) in [4.78, 5) is 18.4. The quantitative estimate of drug-likeness (QED) is 0.653. The first kappa shape index (κ1) is 15.0. The van der Waals surface area contributed by atoms with Gasteiger partial charge in [-0.25, -0.2) is 5.90 Å². The lowest BCUT2D eigenvalue weighted by molar-refractivity contribution is 0.0991. The summed E-state index contributed by atoms with van der Waals surface area (Å²) in [6.45, 7) is 0.686. The van der Waals surface area contributed by atoms with Crippen LogP contribution in [0.25, 0.3) is 0 Å². The molecule has 5 nitrogen and oxygen atoms in total. The number of anilines is 1. The number of carbonyl (C=O) groups excluding carboxylic acids is 1. The van der Waals surface area contributed by atoms with Crippen LogP contribution in [-0.2, 0) is 4.84 Å². The van der Waals surface area contributed by atoms with Crippen LogP contribution in [0.4, 0.5) is 5.69 Å². The summed E-state index contributed by atoms with van der Waals surface area (Å²) in [5.41, 5.74) is 1.45. The first-order chi connectivity index (χ1) is 10.2. The molecule has 2 N–H and O–H groups in total. The number of carbonyl (C=O) groups is 1. The molecule has 0 saturated heterocycles. The SMILES string of the molecule is CN(C(=O)c1ccc(OCCON)cc1)c1ccccc1. The highest BCUT2D eigenvalue weighted by Crippen LogP contribution is 2.17. The molecule has 0 atom stereocenters. The molecular formula is C16H18N2O3. The van der Waals surface area contributed by atoms with Crippen LogP contribution in [0, 0.1) is 0 Å². The molecule has 110 valence electrons. The molecule has 0 spiro atoms. The van der Waals surface area contributed by atoms with Gasteiger partial charge in [-0.3, -0.25) is 4.79 Å². The second-order valence-electron chi connectivity index (χ2n) is 4.44. The monoisotopic (exact) mass is 286 g/mol. The molecule has 0 fully saturated rings. The maximum absolute atomic E-state index is 12.4. The smallest absolute Gasteiger partial charge is 0.258 e. The number of hydrogen-bond acceptors (Lipinski definition) is 4. The van der Waals surface area contributed by atoms with Gasteiger partial charge in [-0.1, -0.05) is 18.2 Å². The minimum Gasteiger partial charge on any atom is -0.491 e. The molecule has 0 aliphatic rings. The van der Waals surface area contributed by atoms with E-state index in [1.165, 1.54) is 0 Å². The highest BCUT2D eigenvalue weighted by Gasteiger charge is 2.12. The van der Waals surface area contributed by atoms with Gasteiger partial charge in [0.15, 0.2) is 0 Å². The van der Waals surface area contributed by atoms with E-state index in [4.69, 9.17) is 10.6 Å². The fourth-order valence-electron chi connectivity index (χ4n) is 1.86. The third kappa shape index (κ3) is 4.05. The van der Waals surface area contributed by atoms with Crippen molar-refractivity contribution in [2.45, 2.75) is 0 Å². The lowest BCUT2D eigenvalue weighted by Crippen LogP contribution is -2.26. The standard InChI is InChI=1S/C16H18N2O3/c1-18(14-5-3-2-4-6-14)16(19)13-7-9-15(10-8-13)20-11-12-21-17/h2-10H,11-12,17H2,1H3. The van der Waals surface area contributed by atoms with Crippen LogP contribution in [0.15, 0.2) is 54.6 Å². The lowest BCUT2D eigenvalue weighted by atomic mass is 10.2. The molecule has 0 aromatic heterocycles. The van der Waals surface area contributed by atoms with Crippen LogP contribution < -0.4 is 15.5 Å². The summed E-state index contributed by atoms with van der Waals surface area (Å²) in [5.74, 6) is 5.52. The fraction of sp³-hybridized carbons (Fsp3) is 0.188. The van der Waals surface area contributed by atoms with E-state index in [-0.39, 0.29) is 5.91 Å². The molecule has 0 unspecified atom stereocenters. The highest BCUT2D eigenvalue weighted by atomic mass is 16.6. The van der Waals surface area contributed by atoms with Crippen molar-refractivity contribution >= 4 is 11.6 Å². The van der Waals surface area contributed by atoms with Gasteiger partial charge < -0.3 is 14.5 Å². The van der Waals surface area contributed by atoms with E-state index in [2.05, 4.69) is 4.84 Å². The second kappa shape index (κ2) is 7.42. The van der Waals surface area contributed by atoms with Crippen molar-refractivity contribution in [3.8, 4) is 5.75 Å². The summed E-state index contributed by atoms with van der Waals surface area (Å²) < 4.78 is 5.40. The summed E-state index contributed by atoms with van der Waals surface area (Å²) >= 11 is 0. The van der Waals surface area contributed by atoms with Gasteiger partial charge in [0, 0.05) is 18.3 Å². The van der Waals surface area contributed by atoms with E-state index in [0.717, 1.165) is 5.69 Å². The largest absolute Gasteiger partial charge is 0.491 e. The summed E-state index contributed by atoms with van der Waals surface area (Å²) in [5, 5.41) is 0. The maximum atomic E-state index is 12.4. The summed E-state index contributed by atoms with van der Waals surface area (Å²) in [7, 11) is 1.75. The zero-order chi connectivity index (χ0) is 15.1. The maximum Gasteiger partial charge on any atom is 0.258 e. The molecule has 2 rings (SSSR count). The van der Waals surface area contributed by atoms with Gasteiger partial charge in [-0.15, -0.1) is 0 Å². The van der Waals surface area contributed by atoms with Gasteiger partial charge in [0.05, 0.1) is 0 Å². The fourth-order valence-corrected chi connectivity index (χ4v) is 1.86. The molecule has 5 heteroatoms. The van der Waals surface area contributed by atoms with Crippen LogP contribution in [0.3, 0.4) is 0 Å². The van der Waals surface area contributed by atoms with Crippen LogP contribution in [0.2, 0.25) is 0 Å². The van der Waals surface area contributed by atoms with E-state index < -0.39 is 0 Å². The Kier molecular flexibility index (Phi) is 5.31. The normalized spacial score (nSPS) is 10.2. The van der Waals surface area contributed by atoms with Gasteiger partial charge >= 0.3 is 0 Å². The molecule has 0 aliphatic carbocycles. The minimum atomic E-state index is -0.0713. The van der Waals surface area contributed by atoms with Crippen molar-refractivity contribution in [1.29, 1.82) is 0 Å². The molecule has 0 aliphatic heterocycles. The highest BCUT2D eigenvalue weighted by molar-refractivity contribution is 6.05. The molecule has 0 heterocycles. The third-order valence-electron chi connectivity index (χ3n) is 3.02. The van der Waals surface area contributed by atoms with Crippen LogP contribution >= 0.6 is 0 Å². The topological polar surface area (TPSA) is 64.8 Å². The third-order valence-corrected chi connectivity index (χ3v) is 3.02. The number of rotatable bonds is 6. The van der Waals surface area contributed by atoms with Gasteiger partial charge in [-0.05, 0) is 36.4 Å². The summed E-state index contributed by atoms with van der Waals surface area (Å²) in [6, 6.07) is 16.5. The Morgan fingerprint density at radius 2 is 1.71 bits per heavy atom. The molecule has 2 aromatic rings. The predicted octanol–water partition coefficient (Wildman–Crippen LogP) is 2.23. The van der Waals surface area contributed by atoms with Gasteiger partial charge in [-0.2, -0.15) is 0 Å². The molecule has 21 heavy (non-hydrogen) atoms. The van der Waals surface area contributed by atoms with Crippen LogP contribution in [-0.4, -0.2) is 26.2 Å². The van der Waals surface area contributed by atoms with Crippen molar-refractivity contribution in [3.05, 3.63) is 60.2 Å². The Labute approximate surface area is 123 Å². The minimum absolute atomic E-state index is 0.0713. The zero-order valence-corrected chi connectivity index (χ0v) is 11.9. The summed E-state index contributed by atoms with van der Waals surface area (Å²) in [6.07, 6.45) is 0. The average molecular weight is 286 g/mol. The Balaban J connectivity index is 2.03. The average Bonchev–Trinajstić information content (AvgIpc) is 2.55. The van der Waals surface area contributed by atoms with Gasteiger partial charge in [0.1, 0.15) is 19.0 Å². The van der Waals surface area contributed by atoms with Crippen molar-refractivity contribution in [3.63, 3.8) is 0 Å². The number of ether oxygens (including phenoxy) is 1. The van der Waals surface area contributed by atoms with E-state index in [1.54, 1.807) is 36.2 Å². The van der Waals surface area contributed by atoms with Gasteiger partial charge in [0.2, 0.25) is 0 Å².